The van der Waals surface area contributed by atoms with E-state index >= 15 is 0 Å². The highest BCUT2D eigenvalue weighted by molar-refractivity contribution is 5.11. The Morgan fingerprint density at radius 2 is 2.40 bits per heavy atom. The van der Waals surface area contributed by atoms with Gasteiger partial charge in [-0.15, -0.1) is 0 Å². The van der Waals surface area contributed by atoms with Crippen LogP contribution in [0.15, 0.2) is 12.5 Å². The Balaban J connectivity index is 2.24. The van der Waals surface area contributed by atoms with Gasteiger partial charge in [-0.05, 0) is 26.7 Å². The Labute approximate surface area is 90.4 Å². The molecular formula is C11H19N3O. The van der Waals surface area contributed by atoms with Gasteiger partial charge in [-0.1, -0.05) is 0 Å². The summed E-state index contributed by atoms with van der Waals surface area (Å²) in [6.07, 6.45) is 5.99. The van der Waals surface area contributed by atoms with Crippen molar-refractivity contribution in [3.8, 4) is 0 Å². The molecule has 84 valence electrons. The van der Waals surface area contributed by atoms with Gasteiger partial charge in [0, 0.05) is 12.8 Å². The van der Waals surface area contributed by atoms with Gasteiger partial charge < -0.3 is 15.0 Å². The van der Waals surface area contributed by atoms with Crippen LogP contribution < -0.4 is 5.73 Å². The van der Waals surface area contributed by atoms with E-state index in [0.717, 1.165) is 31.7 Å². The number of imidazole rings is 1. The first-order valence-electron chi connectivity index (χ1n) is 5.48. The largest absolute Gasteiger partial charge is 0.379 e. The molecule has 1 aliphatic heterocycles. The van der Waals surface area contributed by atoms with Gasteiger partial charge in [-0.3, -0.25) is 0 Å². The van der Waals surface area contributed by atoms with E-state index in [1.54, 1.807) is 0 Å². The molecule has 15 heavy (non-hydrogen) atoms. The minimum Gasteiger partial charge on any atom is -0.379 e. The predicted octanol–water partition coefficient (Wildman–Crippen LogP) is 1.43. The Hall–Kier alpha value is -0.870. The standard InChI is InChI=1S/C11H19N3O/c1-11(2,12)10-6-13-8-14(10)9-4-3-5-15-7-9/h6,8-9H,3-5,7,12H2,1-2H3. The van der Waals surface area contributed by atoms with Crippen molar-refractivity contribution in [2.24, 2.45) is 5.73 Å². The number of aromatic nitrogens is 2. The number of nitrogens with two attached hydrogens (primary N) is 1. The van der Waals surface area contributed by atoms with Crippen molar-refractivity contribution in [1.82, 2.24) is 9.55 Å². The van der Waals surface area contributed by atoms with Crippen LogP contribution in [-0.2, 0) is 10.3 Å². The molecule has 1 aromatic heterocycles. The lowest BCUT2D eigenvalue weighted by Crippen LogP contribution is -2.34. The molecule has 0 spiro atoms. The molecule has 0 aromatic carbocycles. The average molecular weight is 209 g/mol. The maximum absolute atomic E-state index is 6.11. The van der Waals surface area contributed by atoms with Crippen molar-refractivity contribution >= 4 is 0 Å². The lowest BCUT2D eigenvalue weighted by Gasteiger charge is -2.29. The monoisotopic (exact) mass is 209 g/mol. The first kappa shape index (κ1) is 10.6. The van der Waals surface area contributed by atoms with Gasteiger partial charge in [0.1, 0.15) is 0 Å². The van der Waals surface area contributed by atoms with E-state index in [0.29, 0.717) is 6.04 Å². The van der Waals surface area contributed by atoms with Gasteiger partial charge in [0.05, 0.1) is 30.2 Å². The minimum absolute atomic E-state index is 0.339. The summed E-state index contributed by atoms with van der Waals surface area (Å²) in [6.45, 7) is 5.67. The van der Waals surface area contributed by atoms with Crippen molar-refractivity contribution in [1.29, 1.82) is 0 Å². The fourth-order valence-corrected chi connectivity index (χ4v) is 2.04. The zero-order valence-electron chi connectivity index (χ0n) is 9.44. The summed E-state index contributed by atoms with van der Waals surface area (Å²) in [5.41, 5.74) is 6.85. The van der Waals surface area contributed by atoms with Crippen molar-refractivity contribution in [2.45, 2.75) is 38.3 Å². The molecule has 0 amide bonds. The Morgan fingerprint density at radius 3 is 3.00 bits per heavy atom. The van der Waals surface area contributed by atoms with Crippen molar-refractivity contribution in [2.75, 3.05) is 13.2 Å². The summed E-state index contributed by atoms with van der Waals surface area (Å²) >= 11 is 0. The second-order valence-corrected chi connectivity index (χ2v) is 4.78. The molecule has 0 aliphatic carbocycles. The average Bonchev–Trinajstić information content (AvgIpc) is 2.67. The number of hydrogen-bond acceptors (Lipinski definition) is 3. The smallest absolute Gasteiger partial charge is 0.0952 e. The topological polar surface area (TPSA) is 53.1 Å². The second-order valence-electron chi connectivity index (χ2n) is 4.78. The van der Waals surface area contributed by atoms with Gasteiger partial charge >= 0.3 is 0 Å². The summed E-state index contributed by atoms with van der Waals surface area (Å²) in [6, 6.07) is 0.402. The third-order valence-electron chi connectivity index (χ3n) is 2.86. The maximum Gasteiger partial charge on any atom is 0.0952 e. The van der Waals surface area contributed by atoms with Crippen LogP contribution in [-0.4, -0.2) is 22.8 Å². The van der Waals surface area contributed by atoms with Crippen LogP contribution in [0.4, 0.5) is 0 Å². The van der Waals surface area contributed by atoms with E-state index in [1.165, 1.54) is 0 Å². The molecule has 4 nitrogen and oxygen atoms in total. The summed E-state index contributed by atoms with van der Waals surface area (Å²) in [4.78, 5) is 4.19. The third kappa shape index (κ3) is 2.21. The van der Waals surface area contributed by atoms with Gasteiger partial charge in [0.2, 0.25) is 0 Å². The van der Waals surface area contributed by atoms with Gasteiger partial charge in [-0.25, -0.2) is 4.98 Å². The van der Waals surface area contributed by atoms with Gasteiger partial charge in [0.25, 0.3) is 0 Å². The first-order valence-corrected chi connectivity index (χ1v) is 5.48. The summed E-state index contributed by atoms with van der Waals surface area (Å²) in [7, 11) is 0. The molecule has 2 heterocycles. The molecule has 0 saturated carbocycles. The molecule has 1 atom stereocenters. The molecular weight excluding hydrogens is 190 g/mol. The molecule has 2 N–H and O–H groups in total. The SMILES string of the molecule is CC(C)(N)c1cncn1C1CCCOC1. The van der Waals surface area contributed by atoms with E-state index in [2.05, 4.69) is 9.55 Å². The highest BCUT2D eigenvalue weighted by Gasteiger charge is 2.24. The molecule has 4 heteroatoms. The highest BCUT2D eigenvalue weighted by atomic mass is 16.5. The molecule has 0 bridgehead atoms. The van der Waals surface area contributed by atoms with E-state index in [-0.39, 0.29) is 5.54 Å². The van der Waals surface area contributed by atoms with Crippen LogP contribution in [0.1, 0.15) is 38.4 Å². The predicted molar refractivity (Wildman–Crippen MR) is 58.5 cm³/mol. The number of ether oxygens (including phenoxy) is 1. The summed E-state index contributed by atoms with van der Waals surface area (Å²) < 4.78 is 7.65. The fourth-order valence-electron chi connectivity index (χ4n) is 2.04. The van der Waals surface area contributed by atoms with Crippen LogP contribution in [0.3, 0.4) is 0 Å². The highest BCUT2D eigenvalue weighted by Crippen LogP contribution is 2.25. The van der Waals surface area contributed by atoms with Crippen molar-refractivity contribution in [3.63, 3.8) is 0 Å². The Bertz CT molecular complexity index is 321. The van der Waals surface area contributed by atoms with Gasteiger partial charge in [-0.2, -0.15) is 0 Å². The number of nitrogens with zero attached hydrogens (tertiary/aromatic N) is 2. The maximum atomic E-state index is 6.11. The molecule has 1 saturated heterocycles. The fraction of sp³-hybridized carbons (Fsp3) is 0.727. The number of rotatable bonds is 2. The van der Waals surface area contributed by atoms with E-state index in [4.69, 9.17) is 10.5 Å². The quantitative estimate of drug-likeness (QED) is 0.801. The van der Waals surface area contributed by atoms with Crippen LogP contribution in [0.2, 0.25) is 0 Å². The molecule has 0 radical (unpaired) electrons. The first-order chi connectivity index (χ1) is 7.09. The van der Waals surface area contributed by atoms with Crippen LogP contribution in [0, 0.1) is 0 Å². The lowest BCUT2D eigenvalue weighted by atomic mass is 10.0. The van der Waals surface area contributed by atoms with Crippen LogP contribution >= 0.6 is 0 Å². The van der Waals surface area contributed by atoms with Crippen LogP contribution in [0.25, 0.3) is 0 Å². The molecule has 2 rings (SSSR count). The van der Waals surface area contributed by atoms with Crippen molar-refractivity contribution < 1.29 is 4.74 Å². The minimum atomic E-state index is -0.339. The Morgan fingerprint density at radius 1 is 1.60 bits per heavy atom. The molecule has 1 aromatic rings. The molecule has 1 aliphatic rings. The third-order valence-corrected chi connectivity index (χ3v) is 2.86. The normalized spacial score (nSPS) is 23.0. The zero-order valence-corrected chi connectivity index (χ0v) is 9.44. The zero-order chi connectivity index (χ0) is 10.9. The molecule has 1 fully saturated rings. The Kier molecular flexibility index (Phi) is 2.80. The van der Waals surface area contributed by atoms with E-state index in [1.807, 2.05) is 26.4 Å². The van der Waals surface area contributed by atoms with E-state index in [9.17, 15) is 0 Å². The van der Waals surface area contributed by atoms with E-state index < -0.39 is 0 Å². The summed E-state index contributed by atoms with van der Waals surface area (Å²) in [5, 5.41) is 0. The van der Waals surface area contributed by atoms with Crippen LogP contribution in [0.5, 0.6) is 0 Å². The lowest BCUT2D eigenvalue weighted by molar-refractivity contribution is 0.0573. The second kappa shape index (κ2) is 3.94. The number of hydrogen-bond donors (Lipinski definition) is 1. The van der Waals surface area contributed by atoms with Gasteiger partial charge in [0.15, 0.2) is 0 Å². The molecule has 1 unspecified atom stereocenters. The van der Waals surface area contributed by atoms with Crippen molar-refractivity contribution in [3.05, 3.63) is 18.2 Å². The summed E-state index contributed by atoms with van der Waals surface area (Å²) in [5.74, 6) is 0.